The molecule has 2 aromatic rings. The lowest BCUT2D eigenvalue weighted by atomic mass is 9.98. The number of aliphatic carboxylic acids is 1. The highest BCUT2D eigenvalue weighted by Gasteiger charge is 2.44. The first-order chi connectivity index (χ1) is 13.0. The van der Waals surface area contributed by atoms with Gasteiger partial charge in [0.05, 0.1) is 5.69 Å². The molecule has 4 rings (SSSR count). The van der Waals surface area contributed by atoms with E-state index in [1.54, 1.807) is 11.8 Å². The van der Waals surface area contributed by atoms with E-state index in [9.17, 15) is 14.7 Å². The van der Waals surface area contributed by atoms with Crippen LogP contribution in [0.25, 0.3) is 5.69 Å². The summed E-state index contributed by atoms with van der Waals surface area (Å²) in [5.74, 6) is -0.202. The topological polar surface area (TPSA) is 84.2 Å². The van der Waals surface area contributed by atoms with Crippen molar-refractivity contribution in [1.29, 1.82) is 0 Å². The Hall–Kier alpha value is -2.28. The predicted octanol–water partition coefficient (Wildman–Crippen LogP) is 2.61. The van der Waals surface area contributed by atoms with Gasteiger partial charge in [-0.25, -0.2) is 9.48 Å². The highest BCUT2D eigenvalue weighted by atomic mass is 32.2. The number of nitrogens with one attached hydrogen (secondary N) is 1. The van der Waals surface area contributed by atoms with Gasteiger partial charge in [0.2, 0.25) is 0 Å². The summed E-state index contributed by atoms with van der Waals surface area (Å²) in [6, 6.07) is 8.21. The van der Waals surface area contributed by atoms with E-state index < -0.39 is 11.5 Å². The van der Waals surface area contributed by atoms with Gasteiger partial charge in [-0.3, -0.25) is 4.79 Å². The molecule has 1 aromatic heterocycles. The van der Waals surface area contributed by atoms with Crippen LogP contribution in [-0.2, 0) is 24.1 Å². The summed E-state index contributed by atoms with van der Waals surface area (Å²) >= 11 is 1.56. The Kier molecular flexibility index (Phi) is 4.72. The van der Waals surface area contributed by atoms with Gasteiger partial charge in [-0.2, -0.15) is 16.9 Å². The second-order valence-corrected chi connectivity index (χ2v) is 8.31. The van der Waals surface area contributed by atoms with Gasteiger partial charge in [0.25, 0.3) is 5.91 Å². The Morgan fingerprint density at radius 1 is 1.30 bits per heavy atom. The zero-order valence-corrected chi connectivity index (χ0v) is 16.1. The third-order valence-corrected chi connectivity index (χ3v) is 6.71. The van der Waals surface area contributed by atoms with Gasteiger partial charge in [-0.1, -0.05) is 19.1 Å². The van der Waals surface area contributed by atoms with Crippen molar-refractivity contribution in [3.8, 4) is 5.69 Å². The summed E-state index contributed by atoms with van der Waals surface area (Å²) in [6.45, 7) is 2.11. The molecule has 1 unspecified atom stereocenters. The third-order valence-electron chi connectivity index (χ3n) is 5.52. The normalized spacial score (nSPS) is 21.2. The first kappa shape index (κ1) is 18.1. The zero-order chi connectivity index (χ0) is 19.0. The Balaban J connectivity index is 1.67. The number of carboxylic acid groups (broad SMARTS) is 1. The number of carbonyl (C=O) groups is 2. The number of thioether (sulfide) groups is 1. The lowest BCUT2D eigenvalue weighted by Gasteiger charge is -2.24. The number of nitrogens with zero attached hydrogens (tertiary/aromatic N) is 2. The van der Waals surface area contributed by atoms with Gasteiger partial charge < -0.3 is 10.4 Å². The Morgan fingerprint density at radius 3 is 2.70 bits per heavy atom. The van der Waals surface area contributed by atoms with Crippen molar-refractivity contribution in [3.05, 3.63) is 46.8 Å². The summed E-state index contributed by atoms with van der Waals surface area (Å²) < 4.78 is 1.85. The van der Waals surface area contributed by atoms with Crippen molar-refractivity contribution in [1.82, 2.24) is 15.1 Å². The van der Waals surface area contributed by atoms with E-state index >= 15 is 0 Å². The van der Waals surface area contributed by atoms with Crippen LogP contribution in [0.4, 0.5) is 0 Å². The molecule has 0 spiro atoms. The number of fused-ring (bicyclic) bond motifs is 1. The number of rotatable bonds is 5. The van der Waals surface area contributed by atoms with Crippen molar-refractivity contribution < 1.29 is 14.7 Å². The van der Waals surface area contributed by atoms with E-state index in [4.69, 9.17) is 0 Å². The molecule has 1 aromatic carbocycles. The van der Waals surface area contributed by atoms with E-state index in [0.717, 1.165) is 48.4 Å². The number of amides is 1. The maximum Gasteiger partial charge on any atom is 0.330 e. The quantitative estimate of drug-likeness (QED) is 0.827. The minimum atomic E-state index is -1.18. The van der Waals surface area contributed by atoms with Gasteiger partial charge >= 0.3 is 5.97 Å². The Labute approximate surface area is 162 Å². The van der Waals surface area contributed by atoms with Crippen LogP contribution in [0.2, 0.25) is 0 Å². The second-order valence-electron chi connectivity index (χ2n) is 7.20. The number of hydrogen-bond acceptors (Lipinski definition) is 4. The molecule has 1 saturated heterocycles. The first-order valence-corrected chi connectivity index (χ1v) is 10.5. The summed E-state index contributed by atoms with van der Waals surface area (Å²) in [6.07, 6.45) is 4.09. The van der Waals surface area contributed by atoms with Gasteiger partial charge in [0, 0.05) is 17.0 Å². The molecule has 1 atom stereocenters. The molecule has 142 valence electrons. The molecule has 6 nitrogen and oxygen atoms in total. The molecular formula is C20H23N3O3S. The number of carbonyl (C=O) groups excluding carboxylic acids is 1. The molecule has 0 bridgehead atoms. The van der Waals surface area contributed by atoms with Crippen LogP contribution >= 0.6 is 11.8 Å². The van der Waals surface area contributed by atoms with Crippen LogP contribution in [0.1, 0.15) is 47.1 Å². The molecule has 1 aliphatic heterocycles. The lowest BCUT2D eigenvalue weighted by Crippen LogP contribution is -2.55. The monoisotopic (exact) mass is 385 g/mol. The van der Waals surface area contributed by atoms with Crippen LogP contribution < -0.4 is 5.32 Å². The maximum absolute atomic E-state index is 13.0. The van der Waals surface area contributed by atoms with E-state index in [0.29, 0.717) is 17.9 Å². The molecule has 1 amide bonds. The number of benzene rings is 1. The summed E-state index contributed by atoms with van der Waals surface area (Å²) in [7, 11) is 0. The maximum atomic E-state index is 13.0. The molecule has 1 aliphatic carbocycles. The van der Waals surface area contributed by atoms with E-state index in [2.05, 4.69) is 29.5 Å². The van der Waals surface area contributed by atoms with Crippen molar-refractivity contribution in [2.24, 2.45) is 0 Å². The van der Waals surface area contributed by atoms with Crippen molar-refractivity contribution >= 4 is 23.6 Å². The van der Waals surface area contributed by atoms with Crippen molar-refractivity contribution in [3.63, 3.8) is 0 Å². The molecular weight excluding hydrogens is 362 g/mol. The fourth-order valence-electron chi connectivity index (χ4n) is 3.87. The fraction of sp³-hybridized carbons (Fsp3) is 0.450. The summed E-state index contributed by atoms with van der Waals surface area (Å²) in [5, 5.41) is 17.0. The second kappa shape index (κ2) is 7.03. The van der Waals surface area contributed by atoms with Crippen LogP contribution in [0.3, 0.4) is 0 Å². The first-order valence-electron chi connectivity index (χ1n) is 9.38. The fourth-order valence-corrected chi connectivity index (χ4v) is 5.19. The predicted molar refractivity (Wildman–Crippen MR) is 105 cm³/mol. The molecule has 0 radical (unpaired) electrons. The van der Waals surface area contributed by atoms with Gasteiger partial charge in [0.15, 0.2) is 5.69 Å². The molecule has 2 heterocycles. The van der Waals surface area contributed by atoms with Crippen molar-refractivity contribution in [2.45, 2.75) is 44.6 Å². The lowest BCUT2D eigenvalue weighted by molar-refractivity contribution is -0.143. The molecule has 0 saturated carbocycles. The van der Waals surface area contributed by atoms with E-state index in [-0.39, 0.29) is 5.91 Å². The van der Waals surface area contributed by atoms with E-state index in [1.165, 1.54) is 5.56 Å². The summed E-state index contributed by atoms with van der Waals surface area (Å²) in [4.78, 5) is 24.7. The van der Waals surface area contributed by atoms with Crippen LogP contribution in [-0.4, -0.2) is 43.8 Å². The third kappa shape index (κ3) is 3.14. The minimum Gasteiger partial charge on any atom is -0.479 e. The highest BCUT2D eigenvalue weighted by Crippen LogP contribution is 2.31. The molecule has 1 fully saturated rings. The molecule has 7 heteroatoms. The van der Waals surface area contributed by atoms with Crippen molar-refractivity contribution in [2.75, 3.05) is 11.5 Å². The largest absolute Gasteiger partial charge is 0.479 e. The van der Waals surface area contributed by atoms with Gasteiger partial charge in [-0.15, -0.1) is 0 Å². The van der Waals surface area contributed by atoms with E-state index in [1.807, 2.05) is 16.8 Å². The molecule has 27 heavy (non-hydrogen) atoms. The standard InChI is InChI=1S/C20H23N3O3S/c1-2-13-6-8-14(9-7-13)23-16-5-3-4-15(16)17(22-23)18(24)21-20(19(25)26)10-11-27-12-20/h6-9H,2-5,10-12H2,1H3,(H,21,24)(H,25,26). The SMILES string of the molecule is CCc1ccc(-n2nc(C(=O)NC3(C(=O)O)CCSC3)c3c2CCC3)cc1. The van der Waals surface area contributed by atoms with Crippen LogP contribution in [0, 0.1) is 0 Å². The van der Waals surface area contributed by atoms with Gasteiger partial charge in [-0.05, 0) is 55.6 Å². The number of aryl methyl sites for hydroxylation is 1. The number of carboxylic acids is 1. The highest BCUT2D eigenvalue weighted by molar-refractivity contribution is 7.99. The molecule has 2 aliphatic rings. The minimum absolute atomic E-state index is 0.373. The molecule has 2 N–H and O–H groups in total. The average molecular weight is 385 g/mol. The number of hydrogen-bond donors (Lipinski definition) is 2. The van der Waals surface area contributed by atoms with Crippen LogP contribution in [0.5, 0.6) is 0 Å². The van der Waals surface area contributed by atoms with Gasteiger partial charge in [0.1, 0.15) is 5.54 Å². The Bertz CT molecular complexity index is 883. The zero-order valence-electron chi connectivity index (χ0n) is 15.3. The van der Waals surface area contributed by atoms with Crippen LogP contribution in [0.15, 0.2) is 24.3 Å². The number of aromatic nitrogens is 2. The smallest absolute Gasteiger partial charge is 0.330 e. The Morgan fingerprint density at radius 2 is 2.07 bits per heavy atom. The summed E-state index contributed by atoms with van der Waals surface area (Å²) in [5.41, 5.74) is 3.41. The average Bonchev–Trinajstić information content (AvgIpc) is 3.38.